The Hall–Kier alpha value is -7.87. The third-order valence-corrected chi connectivity index (χ3v) is 11.0. The molecule has 58 heavy (non-hydrogen) atoms. The fraction of sp³-hybridized carbons (Fsp3) is 0.0196. The summed E-state index contributed by atoms with van der Waals surface area (Å²) < 4.78 is 47.3. The van der Waals surface area contributed by atoms with Crippen LogP contribution in [0.4, 0.5) is 13.2 Å². The normalized spacial score (nSPS) is 11.7. The van der Waals surface area contributed by atoms with Crippen LogP contribution in [0, 0.1) is 22.7 Å². The second-order valence-electron chi connectivity index (χ2n) is 14.3. The summed E-state index contributed by atoms with van der Waals surface area (Å²) in [6.45, 7) is 0. The molecule has 0 fully saturated rings. The summed E-state index contributed by atoms with van der Waals surface area (Å²) in [5, 5.41) is 24.7. The number of nitriles is 2. The molecule has 7 heteroatoms. The molecule has 0 amide bonds. The van der Waals surface area contributed by atoms with E-state index in [9.17, 15) is 23.7 Å². The average Bonchev–Trinajstić information content (AvgIpc) is 3.78. The number of hydrogen-bond acceptors (Lipinski definition) is 2. The first-order valence-electron chi connectivity index (χ1n) is 18.7. The summed E-state index contributed by atoms with van der Waals surface area (Å²) in [5.41, 5.74) is 8.40. The number of hydrogen-bond donors (Lipinski definition) is 0. The van der Waals surface area contributed by atoms with Gasteiger partial charge in [0, 0.05) is 27.1 Å². The molecule has 0 spiro atoms. The highest BCUT2D eigenvalue weighted by Crippen LogP contribution is 2.43. The average molecular weight is 755 g/mol. The molecule has 2 heterocycles. The zero-order valence-electron chi connectivity index (χ0n) is 30.7. The summed E-state index contributed by atoms with van der Waals surface area (Å²) >= 11 is 0. The molecule has 0 N–H and O–H groups in total. The van der Waals surface area contributed by atoms with Crippen molar-refractivity contribution in [3.8, 4) is 56.9 Å². The summed E-state index contributed by atoms with van der Waals surface area (Å²) in [7, 11) is 0. The minimum atomic E-state index is -4.71. The number of alkyl halides is 3. The number of para-hydroxylation sites is 2. The van der Waals surface area contributed by atoms with Crippen molar-refractivity contribution >= 4 is 43.6 Å². The van der Waals surface area contributed by atoms with Gasteiger partial charge in [-0.05, 0) is 82.4 Å². The molecule has 274 valence electrons. The largest absolute Gasteiger partial charge is 0.416 e. The van der Waals surface area contributed by atoms with Crippen molar-refractivity contribution in [3.63, 3.8) is 0 Å². The van der Waals surface area contributed by atoms with Gasteiger partial charge < -0.3 is 9.13 Å². The lowest BCUT2D eigenvalue weighted by Gasteiger charge is -2.20. The van der Waals surface area contributed by atoms with E-state index >= 15 is 0 Å². The van der Waals surface area contributed by atoms with Crippen molar-refractivity contribution in [1.82, 2.24) is 9.13 Å². The van der Waals surface area contributed by atoms with Crippen molar-refractivity contribution < 1.29 is 13.2 Å². The zero-order chi connectivity index (χ0) is 39.5. The summed E-state index contributed by atoms with van der Waals surface area (Å²) in [5.74, 6) is 0. The molecule has 10 rings (SSSR count). The van der Waals surface area contributed by atoms with Crippen LogP contribution >= 0.6 is 0 Å². The highest BCUT2D eigenvalue weighted by Gasteiger charge is 2.32. The van der Waals surface area contributed by atoms with Crippen molar-refractivity contribution in [2.24, 2.45) is 0 Å². The third-order valence-electron chi connectivity index (χ3n) is 11.0. The van der Waals surface area contributed by atoms with Crippen LogP contribution in [0.3, 0.4) is 0 Å². The fourth-order valence-electron chi connectivity index (χ4n) is 8.36. The Balaban J connectivity index is 1.37. The monoisotopic (exact) mass is 754 g/mol. The Bertz CT molecular complexity index is 3340. The second kappa shape index (κ2) is 13.4. The highest BCUT2D eigenvalue weighted by atomic mass is 19.4. The number of benzene rings is 8. The third kappa shape index (κ3) is 5.60. The number of nitrogens with zero attached hydrogens (tertiary/aromatic N) is 4. The minimum absolute atomic E-state index is 0.120. The van der Waals surface area contributed by atoms with Crippen LogP contribution < -0.4 is 0 Å². The van der Waals surface area contributed by atoms with Gasteiger partial charge in [-0.15, -0.1) is 0 Å². The summed E-state index contributed by atoms with van der Waals surface area (Å²) in [6, 6.07) is 60.2. The van der Waals surface area contributed by atoms with Crippen LogP contribution in [-0.4, -0.2) is 9.13 Å². The van der Waals surface area contributed by atoms with Gasteiger partial charge in [0.15, 0.2) is 0 Å². The van der Waals surface area contributed by atoms with E-state index in [2.05, 4.69) is 88.0 Å². The van der Waals surface area contributed by atoms with Crippen molar-refractivity contribution in [2.75, 3.05) is 0 Å². The van der Waals surface area contributed by atoms with Crippen LogP contribution in [0.1, 0.15) is 16.7 Å². The van der Waals surface area contributed by atoms with Gasteiger partial charge in [-0.25, -0.2) is 0 Å². The highest BCUT2D eigenvalue weighted by molar-refractivity contribution is 6.13. The molecule has 0 unspecified atom stereocenters. The molecule has 10 aromatic rings. The molecule has 0 saturated carbocycles. The molecular formula is C51H29F3N4. The van der Waals surface area contributed by atoms with Crippen LogP contribution in [-0.2, 0) is 6.18 Å². The van der Waals surface area contributed by atoms with Gasteiger partial charge in [-0.1, -0.05) is 121 Å². The van der Waals surface area contributed by atoms with Crippen molar-refractivity contribution in [1.29, 1.82) is 10.5 Å². The molecule has 0 saturated heterocycles. The Labute approximate surface area is 331 Å². The predicted octanol–water partition coefficient (Wildman–Crippen LogP) is 13.6. The van der Waals surface area contributed by atoms with Crippen LogP contribution in [0.25, 0.3) is 88.4 Å². The predicted molar refractivity (Wildman–Crippen MR) is 226 cm³/mol. The number of aromatic nitrogens is 2. The maximum absolute atomic E-state index is 14.3. The molecule has 0 atom stereocenters. The van der Waals surface area contributed by atoms with Crippen molar-refractivity contribution in [2.45, 2.75) is 6.18 Å². The maximum Gasteiger partial charge on any atom is 0.416 e. The van der Waals surface area contributed by atoms with E-state index in [-0.39, 0.29) is 22.3 Å². The lowest BCUT2D eigenvalue weighted by atomic mass is 9.94. The maximum atomic E-state index is 14.3. The van der Waals surface area contributed by atoms with Crippen LogP contribution in [0.2, 0.25) is 0 Å². The molecule has 0 radical (unpaired) electrons. The van der Waals surface area contributed by atoms with Gasteiger partial charge in [0.25, 0.3) is 0 Å². The van der Waals surface area contributed by atoms with Crippen LogP contribution in [0.5, 0.6) is 0 Å². The Morgan fingerprint density at radius 2 is 0.879 bits per heavy atom. The fourth-order valence-corrected chi connectivity index (χ4v) is 8.36. The topological polar surface area (TPSA) is 57.4 Å². The second-order valence-corrected chi connectivity index (χ2v) is 14.3. The van der Waals surface area contributed by atoms with Crippen molar-refractivity contribution in [3.05, 3.63) is 193 Å². The zero-order valence-corrected chi connectivity index (χ0v) is 30.7. The molecular weight excluding hydrogens is 726 g/mol. The van der Waals surface area contributed by atoms with E-state index in [0.29, 0.717) is 11.4 Å². The molecule has 2 aromatic heterocycles. The van der Waals surface area contributed by atoms with Crippen LogP contribution in [0.15, 0.2) is 176 Å². The Morgan fingerprint density at radius 3 is 1.38 bits per heavy atom. The van der Waals surface area contributed by atoms with Gasteiger partial charge in [-0.2, -0.15) is 23.7 Å². The summed E-state index contributed by atoms with van der Waals surface area (Å²) in [4.78, 5) is 0. The first-order valence-corrected chi connectivity index (χ1v) is 18.7. The Kier molecular flexibility index (Phi) is 8.00. The van der Waals surface area contributed by atoms with Gasteiger partial charge in [0.05, 0.1) is 62.3 Å². The van der Waals surface area contributed by atoms with E-state index in [1.54, 1.807) is 6.07 Å². The smallest absolute Gasteiger partial charge is 0.307 e. The number of halogens is 3. The van der Waals surface area contributed by atoms with Gasteiger partial charge in [0.1, 0.15) is 0 Å². The van der Waals surface area contributed by atoms with Gasteiger partial charge >= 0.3 is 6.18 Å². The quantitative estimate of drug-likeness (QED) is 0.176. The standard InChI is InChI=1S/C51H29F3N4/c52-51(53,54)39-24-32(30-55)23-37(25-39)44-29-50(58-46-18-10-8-16-41(46)43-22-20-36(27-48(43)58)34-13-5-2-6-14-34)49(28-38(44)31-56)57-45-17-9-7-15-40(45)42-21-19-35(26-47(42)57)33-11-3-1-4-12-33/h1-29H. The van der Waals surface area contributed by atoms with E-state index in [0.717, 1.165) is 78.0 Å². The summed E-state index contributed by atoms with van der Waals surface area (Å²) in [6.07, 6.45) is -4.71. The number of fused-ring (bicyclic) bond motifs is 6. The van der Waals surface area contributed by atoms with E-state index in [1.165, 1.54) is 6.07 Å². The Morgan fingerprint density at radius 1 is 0.397 bits per heavy atom. The molecule has 0 aliphatic rings. The first kappa shape index (κ1) is 34.6. The molecule has 0 bridgehead atoms. The van der Waals surface area contributed by atoms with E-state index < -0.39 is 11.7 Å². The minimum Gasteiger partial charge on any atom is -0.307 e. The lowest BCUT2D eigenvalue weighted by molar-refractivity contribution is -0.137. The molecule has 8 aromatic carbocycles. The lowest BCUT2D eigenvalue weighted by Crippen LogP contribution is -2.07. The van der Waals surface area contributed by atoms with Gasteiger partial charge in [-0.3, -0.25) is 0 Å². The van der Waals surface area contributed by atoms with E-state index in [1.807, 2.05) is 84.9 Å². The molecule has 0 aliphatic heterocycles. The molecule has 4 nitrogen and oxygen atoms in total. The van der Waals surface area contributed by atoms with E-state index in [4.69, 9.17) is 0 Å². The number of rotatable bonds is 5. The first-order chi connectivity index (χ1) is 28.3. The molecule has 0 aliphatic carbocycles. The SMILES string of the molecule is N#Cc1cc(-c2cc(-n3c4ccccc4c4ccc(-c5ccccc5)cc43)c(-n3c4ccccc4c4ccc(-c5ccccc5)cc43)cc2C#N)cc(C(F)(F)F)c1. The van der Waals surface area contributed by atoms with Gasteiger partial charge in [0.2, 0.25) is 0 Å².